The fraction of sp³-hybridized carbons (Fsp3) is 0.500. The van der Waals surface area contributed by atoms with Crippen LogP contribution in [0.5, 0.6) is 0 Å². The number of fused-ring (bicyclic) bond motifs is 1. The topological polar surface area (TPSA) is 54.3 Å². The van der Waals surface area contributed by atoms with E-state index in [-0.39, 0.29) is 0 Å². The third-order valence-corrected chi connectivity index (χ3v) is 6.23. The van der Waals surface area contributed by atoms with Crippen molar-refractivity contribution in [2.75, 3.05) is 26.2 Å². The Morgan fingerprint density at radius 3 is 2.55 bits per heavy atom. The number of sulfonamides is 1. The summed E-state index contributed by atoms with van der Waals surface area (Å²) < 4.78 is 29.7. The van der Waals surface area contributed by atoms with Crippen molar-refractivity contribution in [3.05, 3.63) is 30.0 Å². The first-order chi connectivity index (χ1) is 10.4. The van der Waals surface area contributed by atoms with Crippen molar-refractivity contribution in [2.45, 2.75) is 25.7 Å². The summed E-state index contributed by atoms with van der Waals surface area (Å²) in [5.74, 6) is 0. The SMILES string of the molecule is CCNCCN(CC)S(=O)(=O)c1c(C)n(C)c2ccccc12. The van der Waals surface area contributed by atoms with Gasteiger partial charge in [0.15, 0.2) is 0 Å². The van der Waals surface area contributed by atoms with E-state index in [2.05, 4.69) is 5.32 Å². The molecule has 0 saturated heterocycles. The minimum Gasteiger partial charge on any atom is -0.347 e. The van der Waals surface area contributed by atoms with Gasteiger partial charge in [0.25, 0.3) is 0 Å². The van der Waals surface area contributed by atoms with Gasteiger partial charge in [0.1, 0.15) is 4.90 Å². The summed E-state index contributed by atoms with van der Waals surface area (Å²) in [6.07, 6.45) is 0. The normalized spacial score (nSPS) is 12.4. The molecule has 2 rings (SSSR count). The molecule has 0 radical (unpaired) electrons. The Balaban J connectivity index is 2.51. The van der Waals surface area contributed by atoms with E-state index in [0.29, 0.717) is 24.5 Å². The third-order valence-electron chi connectivity index (χ3n) is 4.08. The summed E-state index contributed by atoms with van der Waals surface area (Å²) in [5.41, 5.74) is 1.73. The lowest BCUT2D eigenvalue weighted by Crippen LogP contribution is -2.37. The molecule has 5 nitrogen and oxygen atoms in total. The number of likely N-dealkylation sites (N-methyl/N-ethyl adjacent to an activating group) is 2. The molecule has 0 fully saturated rings. The van der Waals surface area contributed by atoms with Crippen LogP contribution >= 0.6 is 0 Å². The average molecular weight is 323 g/mol. The van der Waals surface area contributed by atoms with Crippen LogP contribution in [0.2, 0.25) is 0 Å². The van der Waals surface area contributed by atoms with Gasteiger partial charge in [-0.25, -0.2) is 8.42 Å². The van der Waals surface area contributed by atoms with Gasteiger partial charge in [-0.15, -0.1) is 0 Å². The predicted molar refractivity (Wildman–Crippen MR) is 90.6 cm³/mol. The minimum atomic E-state index is -3.50. The quantitative estimate of drug-likeness (QED) is 0.794. The predicted octanol–water partition coefficient (Wildman–Crippen LogP) is 2.11. The number of para-hydroxylation sites is 1. The van der Waals surface area contributed by atoms with Crippen LogP contribution in [0.15, 0.2) is 29.2 Å². The molecule has 6 heteroatoms. The van der Waals surface area contributed by atoms with Gasteiger partial charge in [0, 0.05) is 43.3 Å². The number of aromatic nitrogens is 1. The number of aryl methyl sites for hydroxylation is 1. The van der Waals surface area contributed by atoms with Crippen molar-refractivity contribution < 1.29 is 8.42 Å². The van der Waals surface area contributed by atoms with Gasteiger partial charge in [-0.05, 0) is 19.5 Å². The summed E-state index contributed by atoms with van der Waals surface area (Å²) in [7, 11) is -1.59. The minimum absolute atomic E-state index is 0.434. The molecule has 0 bridgehead atoms. The highest BCUT2D eigenvalue weighted by Gasteiger charge is 2.29. The van der Waals surface area contributed by atoms with Crippen LogP contribution < -0.4 is 5.32 Å². The molecular weight excluding hydrogens is 298 g/mol. The average Bonchev–Trinajstić information content (AvgIpc) is 2.76. The van der Waals surface area contributed by atoms with Crippen LogP contribution in [-0.4, -0.2) is 43.5 Å². The van der Waals surface area contributed by atoms with Gasteiger partial charge in [0.05, 0.1) is 0 Å². The Kier molecular flexibility index (Phi) is 5.26. The maximum Gasteiger partial charge on any atom is 0.245 e. The lowest BCUT2D eigenvalue weighted by atomic mass is 10.2. The van der Waals surface area contributed by atoms with Gasteiger partial charge in [0.2, 0.25) is 10.0 Å². The summed E-state index contributed by atoms with van der Waals surface area (Å²) in [6, 6.07) is 7.65. The van der Waals surface area contributed by atoms with E-state index in [1.807, 2.05) is 56.7 Å². The van der Waals surface area contributed by atoms with E-state index < -0.39 is 10.0 Å². The van der Waals surface area contributed by atoms with Crippen LogP contribution in [0.4, 0.5) is 0 Å². The second-order valence-corrected chi connectivity index (χ2v) is 7.22. The molecule has 0 aliphatic carbocycles. The molecule has 0 saturated carbocycles. The second-order valence-electron chi connectivity index (χ2n) is 5.34. The Labute approximate surface area is 133 Å². The maximum atomic E-state index is 13.1. The molecule has 1 heterocycles. The van der Waals surface area contributed by atoms with Crippen molar-refractivity contribution in [3.8, 4) is 0 Å². The van der Waals surface area contributed by atoms with Gasteiger partial charge in [-0.2, -0.15) is 4.31 Å². The molecule has 0 aliphatic heterocycles. The molecule has 0 atom stereocenters. The highest BCUT2D eigenvalue weighted by Crippen LogP contribution is 2.30. The summed E-state index contributed by atoms with van der Waals surface area (Å²) in [6.45, 7) is 8.21. The van der Waals surface area contributed by atoms with Gasteiger partial charge < -0.3 is 9.88 Å². The fourth-order valence-corrected chi connectivity index (χ4v) is 4.66. The van der Waals surface area contributed by atoms with E-state index in [9.17, 15) is 8.42 Å². The molecule has 0 unspecified atom stereocenters. The number of benzene rings is 1. The van der Waals surface area contributed by atoms with Crippen LogP contribution in [0, 0.1) is 6.92 Å². The van der Waals surface area contributed by atoms with Gasteiger partial charge in [-0.1, -0.05) is 32.0 Å². The zero-order chi connectivity index (χ0) is 16.3. The monoisotopic (exact) mass is 323 g/mol. The molecule has 2 aromatic rings. The fourth-order valence-electron chi connectivity index (χ4n) is 2.77. The zero-order valence-corrected chi connectivity index (χ0v) is 14.6. The molecular formula is C16H25N3O2S. The van der Waals surface area contributed by atoms with Crippen LogP contribution in [0.3, 0.4) is 0 Å². The van der Waals surface area contributed by atoms with Crippen molar-refractivity contribution in [1.82, 2.24) is 14.2 Å². The third kappa shape index (κ3) is 2.91. The Morgan fingerprint density at radius 2 is 1.91 bits per heavy atom. The number of hydrogen-bond donors (Lipinski definition) is 1. The first kappa shape index (κ1) is 17.0. The molecule has 22 heavy (non-hydrogen) atoms. The summed E-state index contributed by atoms with van der Waals surface area (Å²) in [5, 5.41) is 3.98. The zero-order valence-electron chi connectivity index (χ0n) is 13.8. The number of nitrogens with one attached hydrogen (secondary N) is 1. The highest BCUT2D eigenvalue weighted by atomic mass is 32.2. The van der Waals surface area contributed by atoms with Crippen LogP contribution in [0.1, 0.15) is 19.5 Å². The first-order valence-corrected chi connectivity index (χ1v) is 9.14. The number of hydrogen-bond acceptors (Lipinski definition) is 3. The van der Waals surface area contributed by atoms with Gasteiger partial charge >= 0.3 is 0 Å². The van der Waals surface area contributed by atoms with E-state index in [0.717, 1.165) is 23.1 Å². The maximum absolute atomic E-state index is 13.1. The molecule has 0 aliphatic rings. The molecule has 1 N–H and O–H groups in total. The Morgan fingerprint density at radius 1 is 1.23 bits per heavy atom. The smallest absolute Gasteiger partial charge is 0.245 e. The van der Waals surface area contributed by atoms with Crippen molar-refractivity contribution in [2.24, 2.45) is 7.05 Å². The summed E-state index contributed by atoms with van der Waals surface area (Å²) in [4.78, 5) is 0.434. The molecule has 0 amide bonds. The lowest BCUT2D eigenvalue weighted by molar-refractivity contribution is 0.422. The Bertz CT molecular complexity index is 750. The number of rotatable bonds is 7. The Hall–Kier alpha value is -1.37. The van der Waals surface area contributed by atoms with E-state index in [4.69, 9.17) is 0 Å². The highest BCUT2D eigenvalue weighted by molar-refractivity contribution is 7.89. The van der Waals surface area contributed by atoms with Crippen molar-refractivity contribution in [3.63, 3.8) is 0 Å². The second kappa shape index (κ2) is 6.81. The molecule has 1 aromatic heterocycles. The van der Waals surface area contributed by atoms with Gasteiger partial charge in [-0.3, -0.25) is 0 Å². The van der Waals surface area contributed by atoms with Crippen LogP contribution in [-0.2, 0) is 17.1 Å². The van der Waals surface area contributed by atoms with Crippen LogP contribution in [0.25, 0.3) is 10.9 Å². The first-order valence-electron chi connectivity index (χ1n) is 7.70. The summed E-state index contributed by atoms with van der Waals surface area (Å²) >= 11 is 0. The van der Waals surface area contributed by atoms with E-state index >= 15 is 0 Å². The number of nitrogens with zero attached hydrogens (tertiary/aromatic N) is 2. The lowest BCUT2D eigenvalue weighted by Gasteiger charge is -2.21. The molecule has 122 valence electrons. The van der Waals surface area contributed by atoms with Crippen molar-refractivity contribution >= 4 is 20.9 Å². The largest absolute Gasteiger partial charge is 0.347 e. The standard InChI is InChI=1S/C16H25N3O2S/c1-5-17-11-12-19(6-2)22(20,21)16-13(3)18(4)15-10-8-7-9-14(15)16/h7-10,17H,5-6,11-12H2,1-4H3. The van der Waals surface area contributed by atoms with E-state index in [1.54, 1.807) is 4.31 Å². The molecule has 0 spiro atoms. The van der Waals surface area contributed by atoms with Crippen molar-refractivity contribution in [1.29, 1.82) is 0 Å². The van der Waals surface area contributed by atoms with E-state index in [1.165, 1.54) is 0 Å². The molecule has 1 aromatic carbocycles.